The first-order valence-corrected chi connectivity index (χ1v) is 5.43. The second kappa shape index (κ2) is 3.16. The predicted octanol–water partition coefficient (Wildman–Crippen LogP) is 0.468. The molecule has 1 aromatic carbocycles. The topological polar surface area (TPSA) is 74.6 Å². The van der Waals surface area contributed by atoms with Gasteiger partial charge in [-0.1, -0.05) is 0 Å². The first-order chi connectivity index (χ1) is 6.98. The number of carbonyl (C=O) groups is 2. The first kappa shape index (κ1) is 10.4. The van der Waals surface area contributed by atoms with Crippen molar-refractivity contribution in [1.29, 1.82) is 0 Å². The zero-order valence-corrected chi connectivity index (χ0v) is 8.67. The second-order valence-corrected chi connectivity index (χ2v) is 4.12. The lowest BCUT2D eigenvalue weighted by atomic mass is 10.1. The molecule has 2 rings (SSSR count). The summed E-state index contributed by atoms with van der Waals surface area (Å²) in [6.07, 6.45) is 1.83. The maximum absolute atomic E-state index is 11.5. The van der Waals surface area contributed by atoms with Crippen molar-refractivity contribution in [3.8, 4) is 0 Å². The summed E-state index contributed by atoms with van der Waals surface area (Å²) in [5.41, 5.74) is 0.152. The van der Waals surface area contributed by atoms with Crippen LogP contribution in [-0.4, -0.2) is 33.8 Å². The molecule has 0 fully saturated rings. The van der Waals surface area contributed by atoms with E-state index < -0.39 is 17.4 Å². The summed E-state index contributed by atoms with van der Waals surface area (Å²) in [5.74, 6) is -4.77. The molecule has 15 heavy (non-hydrogen) atoms. The number of fused-ring (bicyclic) bond motifs is 1. The summed E-state index contributed by atoms with van der Waals surface area (Å²) >= 11 is 1.41. The molecule has 0 aliphatic heterocycles. The van der Waals surface area contributed by atoms with Gasteiger partial charge in [0.1, 0.15) is 0 Å². The van der Waals surface area contributed by atoms with Gasteiger partial charge < -0.3 is 10.2 Å². The Morgan fingerprint density at radius 1 is 1.13 bits per heavy atom. The van der Waals surface area contributed by atoms with E-state index in [1.165, 1.54) is 23.9 Å². The molecule has 0 amide bonds. The largest absolute Gasteiger partial charge is 0.353 e. The smallest absolute Gasteiger partial charge is 0.295 e. The lowest BCUT2D eigenvalue weighted by Crippen LogP contribution is -2.40. The molecule has 5 heteroatoms. The second-order valence-electron chi connectivity index (χ2n) is 3.24. The molecule has 0 atom stereocenters. The molecule has 1 aromatic rings. The van der Waals surface area contributed by atoms with Crippen LogP contribution in [0.2, 0.25) is 0 Å². The third-order valence-electron chi connectivity index (χ3n) is 2.35. The van der Waals surface area contributed by atoms with Crippen molar-refractivity contribution in [2.24, 2.45) is 0 Å². The maximum atomic E-state index is 11.5. The first-order valence-electron chi connectivity index (χ1n) is 4.21. The number of ketones is 2. The summed E-state index contributed by atoms with van der Waals surface area (Å²) in [7, 11) is 0. The van der Waals surface area contributed by atoms with Gasteiger partial charge in [0, 0.05) is 16.0 Å². The van der Waals surface area contributed by atoms with Crippen molar-refractivity contribution in [2.75, 3.05) is 6.26 Å². The lowest BCUT2D eigenvalue weighted by molar-refractivity contribution is -0.0857. The molecule has 4 nitrogen and oxygen atoms in total. The van der Waals surface area contributed by atoms with Crippen molar-refractivity contribution < 1.29 is 19.8 Å². The summed E-state index contributed by atoms with van der Waals surface area (Å²) in [6, 6.07) is 4.60. The molecule has 0 bridgehead atoms. The average Bonchev–Trinajstić information content (AvgIpc) is 2.40. The van der Waals surface area contributed by atoms with Crippen LogP contribution in [0.5, 0.6) is 0 Å². The number of carbonyl (C=O) groups excluding carboxylic acids is 2. The van der Waals surface area contributed by atoms with Crippen molar-refractivity contribution >= 4 is 23.3 Å². The fraction of sp³-hybridized carbons (Fsp3) is 0.200. The summed E-state index contributed by atoms with van der Waals surface area (Å²) in [5, 5.41) is 18.5. The zero-order valence-electron chi connectivity index (χ0n) is 7.85. The highest BCUT2D eigenvalue weighted by Crippen LogP contribution is 2.31. The van der Waals surface area contributed by atoms with Crippen LogP contribution in [-0.2, 0) is 0 Å². The molecule has 2 N–H and O–H groups in total. The van der Waals surface area contributed by atoms with Crippen LogP contribution in [0.3, 0.4) is 0 Å². The summed E-state index contributed by atoms with van der Waals surface area (Å²) < 4.78 is 0. The van der Waals surface area contributed by atoms with Crippen molar-refractivity contribution in [3.63, 3.8) is 0 Å². The van der Waals surface area contributed by atoms with E-state index in [-0.39, 0.29) is 11.1 Å². The molecule has 0 radical (unpaired) electrons. The van der Waals surface area contributed by atoms with Gasteiger partial charge in [-0.3, -0.25) is 9.59 Å². The molecule has 0 aromatic heterocycles. The van der Waals surface area contributed by atoms with Gasteiger partial charge >= 0.3 is 0 Å². The normalized spacial score (nSPS) is 18.1. The van der Waals surface area contributed by atoms with Crippen molar-refractivity contribution in [1.82, 2.24) is 0 Å². The third kappa shape index (κ3) is 1.31. The van der Waals surface area contributed by atoms with Crippen LogP contribution in [0.1, 0.15) is 20.7 Å². The quantitative estimate of drug-likeness (QED) is 0.412. The Morgan fingerprint density at radius 2 is 1.73 bits per heavy atom. The molecule has 0 saturated heterocycles. The van der Waals surface area contributed by atoms with Crippen LogP contribution in [0, 0.1) is 0 Å². The van der Waals surface area contributed by atoms with Gasteiger partial charge in [-0.25, -0.2) is 0 Å². The van der Waals surface area contributed by atoms with E-state index in [4.69, 9.17) is 0 Å². The van der Waals surface area contributed by atoms with Crippen LogP contribution in [0.4, 0.5) is 0 Å². The highest BCUT2D eigenvalue weighted by Gasteiger charge is 2.50. The minimum atomic E-state index is -2.88. The number of hydrogen-bond donors (Lipinski definition) is 2. The van der Waals surface area contributed by atoms with Gasteiger partial charge in [0.2, 0.25) is 11.6 Å². The minimum Gasteiger partial charge on any atom is -0.353 e. The summed E-state index contributed by atoms with van der Waals surface area (Å²) in [4.78, 5) is 23.7. The van der Waals surface area contributed by atoms with Gasteiger partial charge in [0.15, 0.2) is 0 Å². The third-order valence-corrected chi connectivity index (χ3v) is 3.07. The zero-order chi connectivity index (χ0) is 11.2. The highest BCUT2D eigenvalue weighted by molar-refractivity contribution is 7.98. The minimum absolute atomic E-state index is 0.0720. The van der Waals surface area contributed by atoms with Crippen LogP contribution in [0.15, 0.2) is 23.1 Å². The molecule has 78 valence electrons. The summed E-state index contributed by atoms with van der Waals surface area (Å²) in [6.45, 7) is 0. The SMILES string of the molecule is CSc1ccc2c(c1)C(=O)C(O)(O)C2=O. The van der Waals surface area contributed by atoms with Crippen molar-refractivity contribution in [2.45, 2.75) is 10.7 Å². The number of hydrogen-bond acceptors (Lipinski definition) is 5. The monoisotopic (exact) mass is 224 g/mol. The molecule has 0 heterocycles. The Balaban J connectivity index is 2.63. The van der Waals surface area contributed by atoms with E-state index in [1.807, 2.05) is 6.26 Å². The van der Waals surface area contributed by atoms with E-state index in [2.05, 4.69) is 0 Å². The van der Waals surface area contributed by atoms with Gasteiger partial charge in [-0.2, -0.15) is 0 Å². The number of benzene rings is 1. The number of thioether (sulfide) groups is 1. The van der Waals surface area contributed by atoms with E-state index in [0.717, 1.165) is 4.90 Å². The van der Waals surface area contributed by atoms with Gasteiger partial charge in [-0.15, -0.1) is 11.8 Å². The van der Waals surface area contributed by atoms with Gasteiger partial charge in [-0.05, 0) is 24.5 Å². The van der Waals surface area contributed by atoms with E-state index in [0.29, 0.717) is 0 Å². The van der Waals surface area contributed by atoms with E-state index in [9.17, 15) is 19.8 Å². The number of rotatable bonds is 1. The van der Waals surface area contributed by atoms with Crippen LogP contribution >= 0.6 is 11.8 Å². The Morgan fingerprint density at radius 3 is 2.33 bits per heavy atom. The predicted molar refractivity (Wildman–Crippen MR) is 54.1 cm³/mol. The standard InChI is InChI=1S/C10H8O4S/c1-15-5-2-3-6-7(4-5)9(12)10(13,14)8(6)11/h2-4,13-14H,1H3. The number of aliphatic hydroxyl groups is 2. The number of Topliss-reactive ketones (excluding diaryl/α,β-unsaturated/α-hetero) is 2. The van der Waals surface area contributed by atoms with Crippen LogP contribution < -0.4 is 0 Å². The fourth-order valence-corrected chi connectivity index (χ4v) is 1.95. The molecule has 0 unspecified atom stereocenters. The molecular weight excluding hydrogens is 216 g/mol. The molecule has 1 aliphatic rings. The molecule has 0 saturated carbocycles. The highest BCUT2D eigenvalue weighted by atomic mass is 32.2. The van der Waals surface area contributed by atoms with E-state index in [1.54, 1.807) is 6.07 Å². The lowest BCUT2D eigenvalue weighted by Gasteiger charge is -2.08. The van der Waals surface area contributed by atoms with E-state index >= 15 is 0 Å². The van der Waals surface area contributed by atoms with Gasteiger partial charge in [0.25, 0.3) is 5.79 Å². The fourth-order valence-electron chi connectivity index (χ4n) is 1.51. The Hall–Kier alpha value is -1.17. The van der Waals surface area contributed by atoms with Gasteiger partial charge in [0.05, 0.1) is 0 Å². The maximum Gasteiger partial charge on any atom is 0.295 e. The van der Waals surface area contributed by atoms with Crippen LogP contribution in [0.25, 0.3) is 0 Å². The van der Waals surface area contributed by atoms with Crippen molar-refractivity contribution in [3.05, 3.63) is 29.3 Å². The average molecular weight is 224 g/mol. The molecule has 0 spiro atoms. The Bertz CT molecular complexity index is 464. The Kier molecular flexibility index (Phi) is 2.18. The molecule has 1 aliphatic carbocycles. The Labute approximate surface area is 89.9 Å². The molecular formula is C10H8O4S.